The maximum Gasteiger partial charge on any atom is 0.167 e. The summed E-state index contributed by atoms with van der Waals surface area (Å²) in [7, 11) is 1.66. The van der Waals surface area contributed by atoms with E-state index >= 15 is 0 Å². The van der Waals surface area contributed by atoms with Crippen molar-refractivity contribution in [1.82, 2.24) is 10.6 Å². The molecule has 3 aromatic rings. The third-order valence-corrected chi connectivity index (χ3v) is 4.11. The molecule has 5 heteroatoms. The topological polar surface area (TPSA) is 46.4 Å². The van der Waals surface area contributed by atoms with Gasteiger partial charge in [0.2, 0.25) is 0 Å². The van der Waals surface area contributed by atoms with Gasteiger partial charge >= 0.3 is 0 Å². The lowest BCUT2D eigenvalue weighted by Gasteiger charge is -2.19. The highest BCUT2D eigenvalue weighted by Crippen LogP contribution is 2.22. The molecule has 0 radical (unpaired) electrons. The molecule has 0 unspecified atom stereocenters. The van der Waals surface area contributed by atoms with E-state index < -0.39 is 0 Å². The number of hydrogen-bond donors (Lipinski definition) is 2. The van der Waals surface area contributed by atoms with Gasteiger partial charge in [0.25, 0.3) is 0 Å². The molecule has 2 aromatic carbocycles. The van der Waals surface area contributed by atoms with E-state index in [-0.39, 0.29) is 6.04 Å². The van der Waals surface area contributed by atoms with Crippen molar-refractivity contribution in [2.75, 3.05) is 7.11 Å². The Morgan fingerprint density at radius 2 is 1.80 bits per heavy atom. The minimum absolute atomic E-state index is 0.132. The third-order valence-electron chi connectivity index (χ3n) is 3.85. The molecule has 0 saturated heterocycles. The number of rotatable bonds is 6. The standard InChI is InChI=1S/C20H20N2O2S/c1-23-17-11-9-15(10-12-17)14-21-20(25)22-19(18-8-5-13-24-18)16-6-3-2-4-7-16/h2-13,19H,14H2,1H3,(H2,21,22,25)/t19-/m1/s1. The number of thiocarbonyl (C=S) groups is 1. The lowest BCUT2D eigenvalue weighted by molar-refractivity contribution is 0.414. The zero-order valence-electron chi connectivity index (χ0n) is 13.9. The number of hydrogen-bond acceptors (Lipinski definition) is 3. The van der Waals surface area contributed by atoms with Gasteiger partial charge in [-0.15, -0.1) is 0 Å². The van der Waals surface area contributed by atoms with E-state index in [9.17, 15) is 0 Å². The Labute approximate surface area is 152 Å². The molecule has 0 bridgehead atoms. The van der Waals surface area contributed by atoms with Crippen molar-refractivity contribution in [3.8, 4) is 5.75 Å². The van der Waals surface area contributed by atoms with Gasteiger partial charge in [-0.05, 0) is 47.6 Å². The van der Waals surface area contributed by atoms with Crippen LogP contribution in [0.5, 0.6) is 5.75 Å². The van der Waals surface area contributed by atoms with E-state index in [4.69, 9.17) is 21.4 Å². The predicted molar refractivity (Wildman–Crippen MR) is 103 cm³/mol. The fraction of sp³-hybridized carbons (Fsp3) is 0.150. The molecule has 2 N–H and O–H groups in total. The highest BCUT2D eigenvalue weighted by molar-refractivity contribution is 7.80. The number of nitrogens with one attached hydrogen (secondary N) is 2. The van der Waals surface area contributed by atoms with Crippen LogP contribution in [-0.4, -0.2) is 12.2 Å². The summed E-state index contributed by atoms with van der Waals surface area (Å²) in [5, 5.41) is 7.14. The lowest BCUT2D eigenvalue weighted by Crippen LogP contribution is -2.37. The fourth-order valence-electron chi connectivity index (χ4n) is 2.53. The van der Waals surface area contributed by atoms with Crippen LogP contribution in [0.3, 0.4) is 0 Å². The zero-order valence-corrected chi connectivity index (χ0v) is 14.8. The average Bonchev–Trinajstić information content (AvgIpc) is 3.20. The van der Waals surface area contributed by atoms with Crippen molar-refractivity contribution in [1.29, 1.82) is 0 Å². The Hall–Kier alpha value is -2.79. The molecule has 0 fully saturated rings. The van der Waals surface area contributed by atoms with Crippen molar-refractivity contribution in [3.05, 3.63) is 89.9 Å². The van der Waals surface area contributed by atoms with Gasteiger partial charge in [0.05, 0.1) is 13.4 Å². The maximum atomic E-state index is 5.58. The van der Waals surface area contributed by atoms with Gasteiger partial charge in [-0.3, -0.25) is 0 Å². The van der Waals surface area contributed by atoms with Gasteiger partial charge in [-0.25, -0.2) is 0 Å². The maximum absolute atomic E-state index is 5.58. The monoisotopic (exact) mass is 352 g/mol. The van der Waals surface area contributed by atoms with E-state index in [1.807, 2.05) is 66.7 Å². The number of furan rings is 1. The minimum Gasteiger partial charge on any atom is -0.497 e. The summed E-state index contributed by atoms with van der Waals surface area (Å²) in [4.78, 5) is 0. The van der Waals surface area contributed by atoms with Crippen LogP contribution in [0.2, 0.25) is 0 Å². The SMILES string of the molecule is COc1ccc(CNC(=S)N[C@H](c2ccccc2)c2ccco2)cc1. The highest BCUT2D eigenvalue weighted by Gasteiger charge is 2.17. The Balaban J connectivity index is 1.64. The Kier molecular flexibility index (Phi) is 5.69. The van der Waals surface area contributed by atoms with Gasteiger partial charge in [0, 0.05) is 6.54 Å². The summed E-state index contributed by atoms with van der Waals surface area (Å²) in [6.45, 7) is 0.634. The number of methoxy groups -OCH3 is 1. The molecule has 1 aromatic heterocycles. The average molecular weight is 352 g/mol. The summed E-state index contributed by atoms with van der Waals surface area (Å²) in [6.07, 6.45) is 1.67. The normalized spacial score (nSPS) is 11.6. The molecule has 3 rings (SSSR count). The van der Waals surface area contributed by atoms with Gasteiger partial charge in [0.15, 0.2) is 5.11 Å². The highest BCUT2D eigenvalue weighted by atomic mass is 32.1. The zero-order chi connectivity index (χ0) is 17.5. The van der Waals surface area contributed by atoms with Gasteiger partial charge < -0.3 is 19.8 Å². The van der Waals surface area contributed by atoms with E-state index in [1.54, 1.807) is 13.4 Å². The Morgan fingerprint density at radius 3 is 2.44 bits per heavy atom. The van der Waals surface area contributed by atoms with Gasteiger partial charge in [-0.2, -0.15) is 0 Å². The Morgan fingerprint density at radius 1 is 1.04 bits per heavy atom. The number of benzene rings is 2. The molecule has 0 aliphatic carbocycles. The van der Waals surface area contributed by atoms with Crippen LogP contribution in [0.15, 0.2) is 77.4 Å². The van der Waals surface area contributed by atoms with Crippen LogP contribution in [0.4, 0.5) is 0 Å². The van der Waals surface area contributed by atoms with Crippen LogP contribution >= 0.6 is 12.2 Å². The van der Waals surface area contributed by atoms with E-state index in [2.05, 4.69) is 10.6 Å². The molecule has 25 heavy (non-hydrogen) atoms. The summed E-state index contributed by atoms with van der Waals surface area (Å²) in [5.41, 5.74) is 2.21. The lowest BCUT2D eigenvalue weighted by atomic mass is 10.1. The quantitative estimate of drug-likeness (QED) is 0.656. The predicted octanol–water partition coefficient (Wildman–Crippen LogP) is 4.04. The first kappa shape index (κ1) is 17.0. The smallest absolute Gasteiger partial charge is 0.167 e. The third kappa shape index (κ3) is 4.61. The van der Waals surface area contributed by atoms with E-state index in [0.717, 1.165) is 22.6 Å². The molecule has 1 atom stereocenters. The molecule has 0 spiro atoms. The first-order valence-corrected chi connectivity index (χ1v) is 8.43. The van der Waals surface area contributed by atoms with Crippen molar-refractivity contribution < 1.29 is 9.15 Å². The van der Waals surface area contributed by atoms with Crippen LogP contribution in [-0.2, 0) is 6.54 Å². The second-order valence-corrected chi connectivity index (χ2v) is 5.94. The van der Waals surface area contributed by atoms with Crippen molar-refractivity contribution in [3.63, 3.8) is 0 Å². The minimum atomic E-state index is -0.132. The second-order valence-electron chi connectivity index (χ2n) is 5.53. The molecule has 0 aliphatic heterocycles. The van der Waals surface area contributed by atoms with E-state index in [0.29, 0.717) is 11.7 Å². The first-order chi connectivity index (χ1) is 12.3. The van der Waals surface area contributed by atoms with Crippen molar-refractivity contribution in [2.45, 2.75) is 12.6 Å². The Bertz CT molecular complexity index is 786. The molecule has 0 saturated carbocycles. The summed E-state index contributed by atoms with van der Waals surface area (Å²) >= 11 is 5.46. The second kappa shape index (κ2) is 8.35. The van der Waals surface area contributed by atoms with Crippen LogP contribution < -0.4 is 15.4 Å². The number of ether oxygens (including phenoxy) is 1. The van der Waals surface area contributed by atoms with Crippen LogP contribution in [0, 0.1) is 0 Å². The summed E-state index contributed by atoms with van der Waals surface area (Å²) in [5.74, 6) is 1.66. The van der Waals surface area contributed by atoms with Crippen molar-refractivity contribution >= 4 is 17.3 Å². The molecule has 0 aliphatic rings. The molecular weight excluding hydrogens is 332 g/mol. The van der Waals surface area contributed by atoms with Gasteiger partial charge in [-0.1, -0.05) is 42.5 Å². The van der Waals surface area contributed by atoms with Crippen molar-refractivity contribution in [2.24, 2.45) is 0 Å². The molecular formula is C20H20N2O2S. The molecule has 128 valence electrons. The molecule has 1 heterocycles. The fourth-order valence-corrected chi connectivity index (χ4v) is 2.72. The first-order valence-electron chi connectivity index (χ1n) is 8.02. The van der Waals surface area contributed by atoms with E-state index in [1.165, 1.54) is 0 Å². The summed E-state index contributed by atoms with van der Waals surface area (Å²) < 4.78 is 10.7. The largest absolute Gasteiger partial charge is 0.497 e. The summed E-state index contributed by atoms with van der Waals surface area (Å²) in [6, 6.07) is 21.7. The van der Waals surface area contributed by atoms with Crippen LogP contribution in [0.1, 0.15) is 22.9 Å². The molecule has 0 amide bonds. The molecule has 4 nitrogen and oxygen atoms in total. The van der Waals surface area contributed by atoms with Gasteiger partial charge in [0.1, 0.15) is 17.6 Å². The van der Waals surface area contributed by atoms with Crippen LogP contribution in [0.25, 0.3) is 0 Å².